The number of nitrogens with zero attached hydrogens (tertiary/aromatic N) is 1. The summed E-state index contributed by atoms with van der Waals surface area (Å²) < 4.78 is 16.7. The molecule has 146 valence electrons. The minimum atomic E-state index is -0.143. The van der Waals surface area contributed by atoms with E-state index in [1.807, 2.05) is 35.7 Å². The van der Waals surface area contributed by atoms with Gasteiger partial charge in [0, 0.05) is 28.8 Å². The fourth-order valence-corrected chi connectivity index (χ4v) is 4.18. The summed E-state index contributed by atoms with van der Waals surface area (Å²) in [6, 6.07) is 13.3. The number of amides is 1. The molecule has 0 aliphatic heterocycles. The lowest BCUT2D eigenvalue weighted by Crippen LogP contribution is -2.14. The van der Waals surface area contributed by atoms with Gasteiger partial charge in [0.1, 0.15) is 0 Å². The molecule has 0 fully saturated rings. The molecular weight excluding hydrogens is 396 g/mol. The molecule has 8 heteroatoms. The Bertz CT molecular complexity index is 919. The second kappa shape index (κ2) is 9.48. The second-order valence-corrected chi connectivity index (χ2v) is 7.70. The number of rotatable bonds is 8. The number of thiazole rings is 1. The van der Waals surface area contributed by atoms with Crippen molar-refractivity contribution < 1.29 is 19.0 Å². The summed E-state index contributed by atoms with van der Waals surface area (Å²) >= 11 is 2.92. The van der Waals surface area contributed by atoms with Gasteiger partial charge in [-0.2, -0.15) is 0 Å². The van der Waals surface area contributed by atoms with Crippen LogP contribution in [-0.2, 0) is 4.79 Å². The first-order valence-electron chi connectivity index (χ1n) is 8.38. The van der Waals surface area contributed by atoms with Crippen molar-refractivity contribution in [1.82, 2.24) is 4.98 Å². The van der Waals surface area contributed by atoms with Crippen molar-refractivity contribution in [3.8, 4) is 28.5 Å². The lowest BCUT2D eigenvalue weighted by molar-refractivity contribution is -0.113. The molecule has 0 atom stereocenters. The first kappa shape index (κ1) is 20.0. The lowest BCUT2D eigenvalue weighted by Gasteiger charge is -2.14. The van der Waals surface area contributed by atoms with Crippen LogP contribution in [0.15, 0.2) is 52.2 Å². The molecular formula is C20H20N2O4S2. The molecule has 1 amide bonds. The monoisotopic (exact) mass is 416 g/mol. The number of nitrogens with one attached hydrogen (secondary N) is 1. The molecule has 28 heavy (non-hydrogen) atoms. The van der Waals surface area contributed by atoms with Crippen LogP contribution in [0.4, 0.5) is 5.69 Å². The number of aromatic nitrogens is 1. The molecule has 1 aromatic heterocycles. The topological polar surface area (TPSA) is 69.7 Å². The van der Waals surface area contributed by atoms with Crippen LogP contribution in [0.25, 0.3) is 11.3 Å². The van der Waals surface area contributed by atoms with Crippen molar-refractivity contribution in [2.45, 2.75) is 4.34 Å². The Hall–Kier alpha value is -2.71. The predicted molar refractivity (Wildman–Crippen MR) is 113 cm³/mol. The molecule has 3 aromatic rings. The summed E-state index contributed by atoms with van der Waals surface area (Å²) in [7, 11) is 4.60. The highest BCUT2D eigenvalue weighted by Gasteiger charge is 2.15. The van der Waals surface area contributed by atoms with Gasteiger partial charge < -0.3 is 19.5 Å². The van der Waals surface area contributed by atoms with Crippen molar-refractivity contribution in [1.29, 1.82) is 0 Å². The molecule has 0 unspecified atom stereocenters. The minimum Gasteiger partial charge on any atom is -0.493 e. The van der Waals surface area contributed by atoms with Gasteiger partial charge in [0.05, 0.1) is 32.8 Å². The number of benzene rings is 2. The van der Waals surface area contributed by atoms with E-state index in [-0.39, 0.29) is 11.7 Å². The number of ether oxygens (including phenoxy) is 3. The molecule has 0 aliphatic carbocycles. The van der Waals surface area contributed by atoms with Gasteiger partial charge in [0.15, 0.2) is 15.8 Å². The maximum absolute atomic E-state index is 12.3. The highest BCUT2D eigenvalue weighted by Crippen LogP contribution is 2.40. The smallest absolute Gasteiger partial charge is 0.234 e. The lowest BCUT2D eigenvalue weighted by atomic mass is 10.2. The third-order valence-electron chi connectivity index (χ3n) is 3.83. The van der Waals surface area contributed by atoms with Gasteiger partial charge >= 0.3 is 0 Å². The van der Waals surface area contributed by atoms with E-state index >= 15 is 0 Å². The Morgan fingerprint density at radius 3 is 2.36 bits per heavy atom. The van der Waals surface area contributed by atoms with Crippen LogP contribution >= 0.6 is 23.1 Å². The number of hydrogen-bond donors (Lipinski definition) is 1. The molecule has 0 aliphatic rings. The number of carbonyl (C=O) groups excluding carboxylic acids is 1. The molecule has 1 N–H and O–H groups in total. The fourth-order valence-electron chi connectivity index (χ4n) is 2.54. The second-order valence-electron chi connectivity index (χ2n) is 5.62. The van der Waals surface area contributed by atoms with Crippen molar-refractivity contribution in [3.05, 3.63) is 47.8 Å². The first-order valence-corrected chi connectivity index (χ1v) is 10.2. The Morgan fingerprint density at radius 1 is 1.07 bits per heavy atom. The van der Waals surface area contributed by atoms with Gasteiger partial charge in [-0.3, -0.25) is 4.79 Å². The van der Waals surface area contributed by atoms with Gasteiger partial charge in [-0.15, -0.1) is 11.3 Å². The zero-order chi connectivity index (χ0) is 19.9. The summed E-state index contributed by atoms with van der Waals surface area (Å²) in [5.74, 6) is 1.55. The van der Waals surface area contributed by atoms with E-state index in [0.29, 0.717) is 22.9 Å². The van der Waals surface area contributed by atoms with Crippen LogP contribution in [0, 0.1) is 0 Å². The van der Waals surface area contributed by atoms with Gasteiger partial charge in [0.25, 0.3) is 0 Å². The average Bonchev–Trinajstić information content (AvgIpc) is 3.21. The van der Waals surface area contributed by atoms with Crippen LogP contribution in [0.2, 0.25) is 0 Å². The molecule has 0 saturated carbocycles. The first-order chi connectivity index (χ1) is 13.6. The zero-order valence-corrected chi connectivity index (χ0v) is 17.4. The summed E-state index contributed by atoms with van der Waals surface area (Å²) in [4.78, 5) is 16.9. The van der Waals surface area contributed by atoms with Gasteiger partial charge in [-0.05, 0) is 0 Å². The summed E-state index contributed by atoms with van der Waals surface area (Å²) in [5.41, 5.74) is 2.55. The Morgan fingerprint density at radius 2 is 1.75 bits per heavy atom. The third kappa shape index (κ3) is 4.76. The Labute approximate surface area is 171 Å². The quantitative estimate of drug-likeness (QED) is 0.543. The maximum Gasteiger partial charge on any atom is 0.234 e. The number of anilines is 1. The third-order valence-corrected chi connectivity index (χ3v) is 5.85. The van der Waals surface area contributed by atoms with Crippen LogP contribution in [-0.4, -0.2) is 38.0 Å². The Balaban J connectivity index is 1.63. The van der Waals surface area contributed by atoms with E-state index in [4.69, 9.17) is 14.2 Å². The minimum absolute atomic E-state index is 0.143. The Kier molecular flexibility index (Phi) is 6.78. The van der Waals surface area contributed by atoms with Crippen LogP contribution in [0.1, 0.15) is 0 Å². The van der Waals surface area contributed by atoms with Crippen LogP contribution in [0.3, 0.4) is 0 Å². The highest BCUT2D eigenvalue weighted by molar-refractivity contribution is 8.01. The van der Waals surface area contributed by atoms with Gasteiger partial charge in [0.2, 0.25) is 11.7 Å². The molecule has 0 saturated heterocycles. The highest BCUT2D eigenvalue weighted by atomic mass is 32.2. The summed E-state index contributed by atoms with van der Waals surface area (Å²) in [6.45, 7) is 0. The molecule has 0 bridgehead atoms. The molecule has 0 spiro atoms. The van der Waals surface area contributed by atoms with Crippen molar-refractivity contribution in [2.24, 2.45) is 0 Å². The normalized spacial score (nSPS) is 10.4. The summed E-state index contributed by atoms with van der Waals surface area (Å²) in [6.07, 6.45) is 0. The molecule has 3 rings (SSSR count). The molecule has 1 heterocycles. The van der Waals surface area contributed by atoms with Crippen LogP contribution < -0.4 is 19.5 Å². The van der Waals surface area contributed by atoms with Crippen molar-refractivity contribution >= 4 is 34.7 Å². The fraction of sp³-hybridized carbons (Fsp3) is 0.200. The average molecular weight is 417 g/mol. The number of methoxy groups -OCH3 is 3. The standard InChI is InChI=1S/C20H20N2O4S2/c1-24-16-9-14(10-17(25-2)19(16)26-3)21-18(23)12-28-20-22-15(11-27-20)13-7-5-4-6-8-13/h4-11H,12H2,1-3H3,(H,21,23). The predicted octanol–water partition coefficient (Wildman–Crippen LogP) is 4.57. The largest absolute Gasteiger partial charge is 0.493 e. The SMILES string of the molecule is COc1cc(NC(=O)CSc2nc(-c3ccccc3)cs2)cc(OC)c1OC. The molecule has 0 radical (unpaired) electrons. The number of carbonyl (C=O) groups is 1. The van der Waals surface area contributed by atoms with Gasteiger partial charge in [-0.1, -0.05) is 42.1 Å². The number of thioether (sulfide) groups is 1. The van der Waals surface area contributed by atoms with Crippen molar-refractivity contribution in [2.75, 3.05) is 32.4 Å². The summed E-state index contributed by atoms with van der Waals surface area (Å²) in [5, 5.41) is 4.85. The van der Waals surface area contributed by atoms with E-state index < -0.39 is 0 Å². The molecule has 6 nitrogen and oxygen atoms in total. The van der Waals surface area contributed by atoms with Gasteiger partial charge in [-0.25, -0.2) is 4.98 Å². The maximum atomic E-state index is 12.3. The van der Waals surface area contributed by atoms with Crippen LogP contribution in [0.5, 0.6) is 17.2 Å². The van der Waals surface area contributed by atoms with E-state index in [9.17, 15) is 4.79 Å². The van der Waals surface area contributed by atoms with E-state index in [2.05, 4.69) is 10.3 Å². The van der Waals surface area contributed by atoms with E-state index in [1.165, 1.54) is 44.4 Å². The van der Waals surface area contributed by atoms with Crippen molar-refractivity contribution in [3.63, 3.8) is 0 Å². The molecule has 2 aromatic carbocycles. The van der Waals surface area contributed by atoms with E-state index in [1.54, 1.807) is 12.1 Å². The van der Waals surface area contributed by atoms with E-state index in [0.717, 1.165) is 15.6 Å². The number of hydrogen-bond acceptors (Lipinski definition) is 7. The zero-order valence-electron chi connectivity index (χ0n) is 15.7.